The number of aromatic nitrogens is 5. The molecular weight excluding hydrogens is 382 g/mol. The van der Waals surface area contributed by atoms with Gasteiger partial charge in [-0.2, -0.15) is 10.1 Å². The number of anilines is 1. The first-order valence-electron chi connectivity index (χ1n) is 9.86. The minimum absolute atomic E-state index is 0.169. The average Bonchev–Trinajstić information content (AvgIpc) is 3.34. The van der Waals surface area contributed by atoms with E-state index in [1.807, 2.05) is 36.7 Å². The zero-order valence-electron chi connectivity index (χ0n) is 18.0. The van der Waals surface area contributed by atoms with Crippen LogP contribution in [0.1, 0.15) is 51.1 Å². The van der Waals surface area contributed by atoms with E-state index in [2.05, 4.69) is 46.1 Å². The van der Waals surface area contributed by atoms with E-state index in [4.69, 9.17) is 14.2 Å². The summed E-state index contributed by atoms with van der Waals surface area (Å²) in [6, 6.07) is 2.12. The summed E-state index contributed by atoms with van der Waals surface area (Å²) in [6.07, 6.45) is 5.59. The fourth-order valence-electron chi connectivity index (χ4n) is 3.09. The molecule has 158 valence electrons. The number of pyridine rings is 1. The van der Waals surface area contributed by atoms with Gasteiger partial charge in [-0.15, -0.1) is 0 Å². The summed E-state index contributed by atoms with van der Waals surface area (Å²) in [5, 5.41) is 11.9. The van der Waals surface area contributed by atoms with E-state index in [0.29, 0.717) is 36.4 Å². The Bertz CT molecular complexity index is 1090. The number of aliphatic imine (C=N–C) groups is 1. The van der Waals surface area contributed by atoms with E-state index in [1.165, 1.54) is 0 Å². The molecule has 1 N–H and O–H groups in total. The Kier molecular flexibility index (Phi) is 6.61. The van der Waals surface area contributed by atoms with Crippen molar-refractivity contribution in [3.05, 3.63) is 47.7 Å². The first-order valence-corrected chi connectivity index (χ1v) is 9.86. The van der Waals surface area contributed by atoms with Crippen LogP contribution >= 0.6 is 0 Å². The lowest BCUT2D eigenvalue weighted by Crippen LogP contribution is -2.08. The van der Waals surface area contributed by atoms with Crippen LogP contribution in [0, 0.1) is 6.92 Å². The van der Waals surface area contributed by atoms with Gasteiger partial charge in [0.15, 0.2) is 5.82 Å². The smallest absolute Gasteiger partial charge is 0.223 e. The molecule has 0 unspecified atom stereocenters. The Labute approximate surface area is 175 Å². The van der Waals surface area contributed by atoms with E-state index in [1.54, 1.807) is 13.1 Å². The summed E-state index contributed by atoms with van der Waals surface area (Å²) < 4.78 is 12.7. The van der Waals surface area contributed by atoms with Gasteiger partial charge < -0.3 is 14.6 Å². The number of fused-ring (bicyclic) bond motifs is 1. The number of hydrogen-bond donors (Lipinski definition) is 1. The summed E-state index contributed by atoms with van der Waals surface area (Å²) >= 11 is 0. The van der Waals surface area contributed by atoms with Crippen molar-refractivity contribution in [2.24, 2.45) is 4.99 Å². The van der Waals surface area contributed by atoms with Crippen LogP contribution < -0.4 is 5.32 Å². The molecule has 3 aromatic heterocycles. The summed E-state index contributed by atoms with van der Waals surface area (Å²) in [7, 11) is 0. The lowest BCUT2D eigenvalue weighted by molar-refractivity contribution is 0.230. The standard InChI is InChI=1S/C21H27N7O2/c1-7-9-15(21(22-6)29-8-2)16-10-17(23-12-19-25-14(5)30-27-19)20-18(26-16)11-24-28(20)13(3)4/h7,9-11,13H,6,8,12H2,1-5H3,(H,23,26)/b9-7-,21-15-. The van der Waals surface area contributed by atoms with Gasteiger partial charge in [0.1, 0.15) is 11.0 Å². The minimum atomic E-state index is 0.169. The van der Waals surface area contributed by atoms with Crippen LogP contribution in [0.2, 0.25) is 0 Å². The van der Waals surface area contributed by atoms with Gasteiger partial charge in [0.05, 0.1) is 36.3 Å². The highest BCUT2D eigenvalue weighted by Crippen LogP contribution is 2.30. The number of nitrogens with one attached hydrogen (secondary N) is 1. The SMILES string of the molecule is C=N/C(OCC)=C(\C=C/C)c1cc(NCc2noc(C)n2)c2c(cnn2C(C)C)n1. The molecule has 0 aromatic carbocycles. The Morgan fingerprint density at radius 2 is 2.20 bits per heavy atom. The molecule has 0 bridgehead atoms. The molecule has 0 saturated heterocycles. The third kappa shape index (κ3) is 4.40. The first-order chi connectivity index (χ1) is 14.5. The highest BCUT2D eigenvalue weighted by molar-refractivity contribution is 5.91. The van der Waals surface area contributed by atoms with Gasteiger partial charge in [-0.05, 0) is 40.5 Å². The molecule has 30 heavy (non-hydrogen) atoms. The number of nitrogens with zero attached hydrogens (tertiary/aromatic N) is 6. The Morgan fingerprint density at radius 3 is 2.80 bits per heavy atom. The second kappa shape index (κ2) is 9.34. The second-order valence-electron chi connectivity index (χ2n) is 6.86. The molecule has 0 aliphatic carbocycles. The minimum Gasteiger partial charge on any atom is -0.477 e. The van der Waals surface area contributed by atoms with Crippen molar-refractivity contribution in [1.82, 2.24) is 24.9 Å². The van der Waals surface area contributed by atoms with Crippen molar-refractivity contribution < 1.29 is 9.26 Å². The van der Waals surface area contributed by atoms with Gasteiger partial charge >= 0.3 is 0 Å². The second-order valence-corrected chi connectivity index (χ2v) is 6.86. The number of rotatable bonds is 9. The predicted octanol–water partition coefficient (Wildman–Crippen LogP) is 4.30. The molecule has 0 spiro atoms. The number of ether oxygens (including phenoxy) is 1. The predicted molar refractivity (Wildman–Crippen MR) is 117 cm³/mol. The maximum atomic E-state index is 5.67. The van der Waals surface area contributed by atoms with E-state index in [9.17, 15) is 0 Å². The maximum absolute atomic E-state index is 5.67. The zero-order valence-corrected chi connectivity index (χ0v) is 18.0. The topological polar surface area (TPSA) is 103 Å². The average molecular weight is 409 g/mol. The molecule has 3 heterocycles. The number of aryl methyl sites for hydroxylation is 1. The summed E-state index contributed by atoms with van der Waals surface area (Å²) in [5.74, 6) is 1.52. The van der Waals surface area contributed by atoms with E-state index in [0.717, 1.165) is 22.3 Å². The normalized spacial score (nSPS) is 12.6. The van der Waals surface area contributed by atoms with Crippen LogP contribution in [0.25, 0.3) is 16.6 Å². The van der Waals surface area contributed by atoms with Crippen LogP contribution in [0.4, 0.5) is 5.69 Å². The zero-order chi connectivity index (χ0) is 21.7. The van der Waals surface area contributed by atoms with Crippen molar-refractivity contribution >= 4 is 29.0 Å². The van der Waals surface area contributed by atoms with Gasteiger partial charge in [0, 0.05) is 13.0 Å². The lowest BCUT2D eigenvalue weighted by Gasteiger charge is -2.14. The Morgan fingerprint density at radius 1 is 1.40 bits per heavy atom. The van der Waals surface area contributed by atoms with Gasteiger partial charge in [-0.3, -0.25) is 4.68 Å². The fraction of sp³-hybridized carbons (Fsp3) is 0.381. The van der Waals surface area contributed by atoms with Crippen LogP contribution in [-0.4, -0.2) is 38.2 Å². The molecule has 9 heteroatoms. The van der Waals surface area contributed by atoms with Crippen molar-refractivity contribution in [3.63, 3.8) is 0 Å². The molecule has 0 radical (unpaired) electrons. The molecule has 0 amide bonds. The molecule has 0 aliphatic heterocycles. The summed E-state index contributed by atoms with van der Waals surface area (Å²) in [5.41, 5.74) is 3.96. The highest BCUT2D eigenvalue weighted by Gasteiger charge is 2.17. The molecule has 0 aliphatic rings. The van der Waals surface area contributed by atoms with Crippen LogP contribution in [0.15, 0.2) is 39.8 Å². The molecule has 0 fully saturated rings. The molecular formula is C21H27N7O2. The van der Waals surface area contributed by atoms with Crippen LogP contribution in [-0.2, 0) is 11.3 Å². The first kappa shape index (κ1) is 21.2. The molecule has 0 atom stereocenters. The Hall–Kier alpha value is -3.49. The van der Waals surface area contributed by atoms with Crippen molar-refractivity contribution in [2.75, 3.05) is 11.9 Å². The number of hydrogen-bond acceptors (Lipinski definition) is 8. The Balaban J connectivity index is 2.15. The highest BCUT2D eigenvalue weighted by atomic mass is 16.5. The molecule has 3 rings (SSSR count). The third-order valence-corrected chi connectivity index (χ3v) is 4.31. The van der Waals surface area contributed by atoms with E-state index in [-0.39, 0.29) is 6.04 Å². The summed E-state index contributed by atoms with van der Waals surface area (Å²) in [6.45, 7) is 14.3. The third-order valence-electron chi connectivity index (χ3n) is 4.31. The van der Waals surface area contributed by atoms with E-state index < -0.39 is 0 Å². The van der Waals surface area contributed by atoms with Crippen molar-refractivity contribution in [1.29, 1.82) is 0 Å². The summed E-state index contributed by atoms with van der Waals surface area (Å²) in [4.78, 5) is 13.1. The molecule has 9 nitrogen and oxygen atoms in total. The fourth-order valence-corrected chi connectivity index (χ4v) is 3.09. The lowest BCUT2D eigenvalue weighted by atomic mass is 10.1. The molecule has 3 aromatic rings. The van der Waals surface area contributed by atoms with Crippen molar-refractivity contribution in [2.45, 2.75) is 47.2 Å². The van der Waals surface area contributed by atoms with Gasteiger partial charge in [-0.25, -0.2) is 9.98 Å². The maximum Gasteiger partial charge on any atom is 0.223 e. The largest absolute Gasteiger partial charge is 0.477 e. The molecule has 0 saturated carbocycles. The van der Waals surface area contributed by atoms with Gasteiger partial charge in [-0.1, -0.05) is 17.3 Å². The van der Waals surface area contributed by atoms with Crippen LogP contribution in [0.5, 0.6) is 0 Å². The number of allylic oxidation sites excluding steroid dienone is 3. The van der Waals surface area contributed by atoms with Gasteiger partial charge in [0.2, 0.25) is 11.8 Å². The monoisotopic (exact) mass is 409 g/mol. The van der Waals surface area contributed by atoms with Crippen LogP contribution in [0.3, 0.4) is 0 Å². The van der Waals surface area contributed by atoms with Crippen molar-refractivity contribution in [3.8, 4) is 0 Å². The quantitative estimate of drug-likeness (QED) is 0.319. The van der Waals surface area contributed by atoms with E-state index >= 15 is 0 Å². The van der Waals surface area contributed by atoms with Gasteiger partial charge in [0.25, 0.3) is 0 Å².